The van der Waals surface area contributed by atoms with Gasteiger partial charge in [0.05, 0.1) is 10.9 Å². The number of aliphatic carboxylic acids is 1. The summed E-state index contributed by atoms with van der Waals surface area (Å²) >= 11 is 3.49. The third-order valence-corrected chi connectivity index (χ3v) is 5.18. The molecule has 102 valence electrons. The molecule has 0 aliphatic heterocycles. The van der Waals surface area contributed by atoms with Gasteiger partial charge in [-0.2, -0.15) is 0 Å². The summed E-state index contributed by atoms with van der Waals surface area (Å²) in [6, 6.07) is 2.05. The highest BCUT2D eigenvalue weighted by atomic mass is 79.9. The van der Waals surface area contributed by atoms with Gasteiger partial charge in [-0.15, -0.1) is 0 Å². The fourth-order valence-corrected chi connectivity index (χ4v) is 3.88. The molecule has 0 aromatic heterocycles. The zero-order valence-electron chi connectivity index (χ0n) is 10.7. The molecule has 0 amide bonds. The first-order valence-corrected chi connectivity index (χ1v) is 7.62. The van der Waals surface area contributed by atoms with E-state index in [4.69, 9.17) is 5.11 Å². The molecule has 0 radical (unpaired) electrons. The van der Waals surface area contributed by atoms with Crippen LogP contribution in [-0.2, 0) is 17.6 Å². The van der Waals surface area contributed by atoms with Crippen LogP contribution in [0.1, 0.15) is 48.3 Å². The smallest absolute Gasteiger partial charge is 0.303 e. The number of carbonyl (C=O) groups is 1. The van der Waals surface area contributed by atoms with Gasteiger partial charge >= 0.3 is 5.97 Å². The number of aryl methyl sites for hydroxylation is 1. The summed E-state index contributed by atoms with van der Waals surface area (Å²) in [7, 11) is 0. The zero-order valence-corrected chi connectivity index (χ0v) is 12.2. The van der Waals surface area contributed by atoms with Crippen molar-refractivity contribution < 1.29 is 15.0 Å². The average Bonchev–Trinajstić information content (AvgIpc) is 3.09. The Balaban J connectivity index is 2.03. The number of phenols is 1. The van der Waals surface area contributed by atoms with Gasteiger partial charge < -0.3 is 10.2 Å². The van der Waals surface area contributed by atoms with Crippen LogP contribution in [0.5, 0.6) is 5.75 Å². The molecular weight excluding hydrogens is 308 g/mol. The highest BCUT2D eigenvalue weighted by Crippen LogP contribution is 2.50. The summed E-state index contributed by atoms with van der Waals surface area (Å²) in [6.07, 6.45) is 5.41. The molecule has 1 atom stereocenters. The fraction of sp³-hybridized carbons (Fsp3) is 0.533. The van der Waals surface area contributed by atoms with Crippen molar-refractivity contribution >= 4 is 21.9 Å². The van der Waals surface area contributed by atoms with E-state index < -0.39 is 5.97 Å². The number of aromatic hydroxyl groups is 1. The summed E-state index contributed by atoms with van der Waals surface area (Å²) < 4.78 is 0.786. The van der Waals surface area contributed by atoms with Gasteiger partial charge in [-0.1, -0.05) is 6.07 Å². The zero-order chi connectivity index (χ0) is 13.6. The minimum Gasteiger partial charge on any atom is -0.506 e. The van der Waals surface area contributed by atoms with Crippen LogP contribution >= 0.6 is 15.9 Å². The standard InChI is InChI=1S/C15H17BrO3/c16-14-10-3-1-2-9(10)6-12(15(14)19)11(7-13(17)18)8-4-5-8/h6,8,11,19H,1-5,7H2,(H,17,18). The maximum Gasteiger partial charge on any atom is 0.303 e. The lowest BCUT2D eigenvalue weighted by Gasteiger charge is -2.19. The minimum absolute atomic E-state index is 0.0419. The number of benzene rings is 1. The van der Waals surface area contributed by atoms with Crippen LogP contribution in [0, 0.1) is 5.92 Å². The number of fused-ring (bicyclic) bond motifs is 1. The molecule has 1 fully saturated rings. The predicted octanol–water partition coefficient (Wildman–Crippen LogP) is 3.61. The lowest BCUT2D eigenvalue weighted by molar-refractivity contribution is -0.137. The molecule has 2 aliphatic rings. The van der Waals surface area contributed by atoms with Crippen molar-refractivity contribution in [2.24, 2.45) is 5.92 Å². The molecule has 4 heteroatoms. The normalized spacial score (nSPS) is 19.2. The van der Waals surface area contributed by atoms with Gasteiger partial charge in [0.1, 0.15) is 5.75 Å². The summed E-state index contributed by atoms with van der Waals surface area (Å²) in [5.41, 5.74) is 3.30. The fourth-order valence-electron chi connectivity index (χ4n) is 3.20. The van der Waals surface area contributed by atoms with Crippen molar-refractivity contribution in [3.8, 4) is 5.75 Å². The van der Waals surface area contributed by atoms with Gasteiger partial charge in [-0.05, 0) is 70.6 Å². The molecule has 3 rings (SSSR count). The predicted molar refractivity (Wildman–Crippen MR) is 75.5 cm³/mol. The van der Waals surface area contributed by atoms with Crippen molar-refractivity contribution in [1.82, 2.24) is 0 Å². The van der Waals surface area contributed by atoms with Crippen molar-refractivity contribution in [2.45, 2.75) is 44.4 Å². The van der Waals surface area contributed by atoms with E-state index in [0.717, 1.165) is 42.1 Å². The van der Waals surface area contributed by atoms with Gasteiger partial charge in [0.25, 0.3) is 0 Å². The van der Waals surface area contributed by atoms with E-state index in [1.807, 2.05) is 6.07 Å². The van der Waals surface area contributed by atoms with Gasteiger partial charge in [0, 0.05) is 5.92 Å². The number of halogens is 1. The van der Waals surface area contributed by atoms with Crippen molar-refractivity contribution in [2.75, 3.05) is 0 Å². The number of hydrogen-bond donors (Lipinski definition) is 2. The molecule has 19 heavy (non-hydrogen) atoms. The van der Waals surface area contributed by atoms with E-state index in [1.165, 1.54) is 11.1 Å². The summed E-state index contributed by atoms with van der Waals surface area (Å²) in [6.45, 7) is 0. The molecule has 0 heterocycles. The Morgan fingerprint density at radius 3 is 2.79 bits per heavy atom. The minimum atomic E-state index is -0.784. The molecule has 1 aromatic carbocycles. The second-order valence-electron chi connectivity index (χ2n) is 5.66. The van der Waals surface area contributed by atoms with Crippen molar-refractivity contribution in [3.05, 3.63) is 27.2 Å². The molecular formula is C15H17BrO3. The highest BCUT2D eigenvalue weighted by molar-refractivity contribution is 9.10. The van der Waals surface area contributed by atoms with E-state index in [2.05, 4.69) is 15.9 Å². The van der Waals surface area contributed by atoms with Crippen LogP contribution in [0.2, 0.25) is 0 Å². The van der Waals surface area contributed by atoms with Crippen LogP contribution in [0.25, 0.3) is 0 Å². The molecule has 0 bridgehead atoms. The molecule has 1 saturated carbocycles. The first-order valence-electron chi connectivity index (χ1n) is 6.83. The molecule has 0 spiro atoms. The Labute approximate surface area is 120 Å². The van der Waals surface area contributed by atoms with Crippen LogP contribution in [0.15, 0.2) is 10.5 Å². The largest absolute Gasteiger partial charge is 0.506 e. The highest BCUT2D eigenvalue weighted by Gasteiger charge is 2.36. The van der Waals surface area contributed by atoms with E-state index in [-0.39, 0.29) is 18.1 Å². The Bertz CT molecular complexity index is 535. The lowest BCUT2D eigenvalue weighted by Crippen LogP contribution is -2.09. The van der Waals surface area contributed by atoms with Gasteiger partial charge in [0.15, 0.2) is 0 Å². The lowest BCUT2D eigenvalue weighted by atomic mass is 9.88. The third kappa shape index (κ3) is 2.38. The monoisotopic (exact) mass is 324 g/mol. The first kappa shape index (κ1) is 13.0. The second-order valence-corrected chi connectivity index (χ2v) is 6.45. The summed E-state index contributed by atoms with van der Waals surface area (Å²) in [5.74, 6) is -0.139. The van der Waals surface area contributed by atoms with Crippen LogP contribution in [0.4, 0.5) is 0 Å². The SMILES string of the molecule is O=C(O)CC(c1cc2c(c(Br)c1O)CCC2)C1CC1. The number of phenolic OH excluding ortho intramolecular Hbond substituents is 1. The summed E-state index contributed by atoms with van der Waals surface area (Å²) in [4.78, 5) is 11.1. The Morgan fingerprint density at radius 1 is 1.42 bits per heavy atom. The molecule has 1 unspecified atom stereocenters. The Morgan fingerprint density at radius 2 is 2.16 bits per heavy atom. The van der Waals surface area contributed by atoms with E-state index in [0.29, 0.717) is 5.92 Å². The van der Waals surface area contributed by atoms with Crippen LogP contribution < -0.4 is 0 Å². The Kier molecular flexibility index (Phi) is 3.29. The van der Waals surface area contributed by atoms with Gasteiger partial charge in [-0.25, -0.2) is 0 Å². The second kappa shape index (κ2) is 4.82. The first-order chi connectivity index (χ1) is 9.08. The van der Waals surface area contributed by atoms with Crippen molar-refractivity contribution in [1.29, 1.82) is 0 Å². The number of hydrogen-bond acceptors (Lipinski definition) is 2. The van der Waals surface area contributed by atoms with E-state index in [9.17, 15) is 9.90 Å². The number of rotatable bonds is 4. The Hall–Kier alpha value is -1.03. The molecule has 0 saturated heterocycles. The number of carboxylic acids is 1. The van der Waals surface area contributed by atoms with E-state index >= 15 is 0 Å². The molecule has 2 N–H and O–H groups in total. The maximum atomic E-state index is 11.1. The average molecular weight is 325 g/mol. The van der Waals surface area contributed by atoms with Gasteiger partial charge in [0.2, 0.25) is 0 Å². The van der Waals surface area contributed by atoms with Crippen LogP contribution in [-0.4, -0.2) is 16.2 Å². The summed E-state index contributed by atoms with van der Waals surface area (Å²) in [5, 5.41) is 19.5. The third-order valence-electron chi connectivity index (χ3n) is 4.32. The topological polar surface area (TPSA) is 57.5 Å². The molecule has 2 aliphatic carbocycles. The molecule has 1 aromatic rings. The maximum absolute atomic E-state index is 11.1. The van der Waals surface area contributed by atoms with Crippen LogP contribution in [0.3, 0.4) is 0 Å². The molecule has 3 nitrogen and oxygen atoms in total. The van der Waals surface area contributed by atoms with E-state index in [1.54, 1.807) is 0 Å². The van der Waals surface area contributed by atoms with Gasteiger partial charge in [-0.3, -0.25) is 4.79 Å². The quantitative estimate of drug-likeness (QED) is 0.889. The van der Waals surface area contributed by atoms with Crippen molar-refractivity contribution in [3.63, 3.8) is 0 Å². The number of carboxylic acid groups (broad SMARTS) is 1.